The van der Waals surface area contributed by atoms with Gasteiger partial charge in [0, 0.05) is 10.4 Å². The van der Waals surface area contributed by atoms with Gasteiger partial charge in [-0.25, -0.2) is 5.43 Å². The first-order valence-electron chi connectivity index (χ1n) is 7.85. The van der Waals surface area contributed by atoms with Crippen LogP contribution in [0.25, 0.3) is 11.3 Å². The van der Waals surface area contributed by atoms with E-state index in [1.54, 1.807) is 29.7 Å². The molecule has 0 radical (unpaired) electrons. The fraction of sp³-hybridized carbons (Fsp3) is 0.158. The van der Waals surface area contributed by atoms with E-state index in [9.17, 15) is 4.79 Å². The van der Waals surface area contributed by atoms with Gasteiger partial charge in [-0.15, -0.1) is 11.3 Å². The lowest BCUT2D eigenvalue weighted by Crippen LogP contribution is -2.16. The van der Waals surface area contributed by atoms with E-state index in [2.05, 4.69) is 10.5 Å². The summed E-state index contributed by atoms with van der Waals surface area (Å²) in [6, 6.07) is 14.8. The number of amides is 1. The van der Waals surface area contributed by atoms with Gasteiger partial charge in [0.2, 0.25) is 0 Å². The second-order valence-corrected chi connectivity index (χ2v) is 6.55. The molecule has 0 saturated heterocycles. The topological polar surface area (TPSA) is 63.8 Å². The molecule has 6 heteroatoms. The van der Waals surface area contributed by atoms with E-state index in [4.69, 9.17) is 9.15 Å². The molecule has 3 aromatic rings. The third-order valence-corrected chi connectivity index (χ3v) is 4.05. The summed E-state index contributed by atoms with van der Waals surface area (Å²) >= 11 is 1.54. The molecule has 0 aliphatic carbocycles. The standard InChI is InChI=1S/C19H18N2O3S/c1-13(2)23-15-7-5-14(6-8-15)17-9-10-18(24-17)19(22)21-20-12-16-4-3-11-25-16/h3-13H,1-2H3,(H,21,22)/b20-12+. The molecule has 0 spiro atoms. The van der Waals surface area contributed by atoms with Gasteiger partial charge >= 0.3 is 5.91 Å². The third kappa shape index (κ3) is 4.58. The predicted octanol–water partition coefficient (Wildman–Crippen LogP) is 4.56. The Morgan fingerprint density at radius 3 is 2.68 bits per heavy atom. The maximum absolute atomic E-state index is 12.1. The Bertz CT molecular complexity index is 849. The Morgan fingerprint density at radius 2 is 2.00 bits per heavy atom. The smallest absolute Gasteiger partial charge is 0.307 e. The van der Waals surface area contributed by atoms with Crippen LogP contribution >= 0.6 is 11.3 Å². The zero-order valence-corrected chi connectivity index (χ0v) is 14.7. The highest BCUT2D eigenvalue weighted by Gasteiger charge is 2.11. The molecule has 0 fully saturated rings. The lowest BCUT2D eigenvalue weighted by atomic mass is 10.2. The van der Waals surface area contributed by atoms with Crippen LogP contribution in [-0.4, -0.2) is 18.2 Å². The molecule has 2 aromatic heterocycles. The fourth-order valence-electron chi connectivity index (χ4n) is 2.16. The number of carbonyl (C=O) groups excluding carboxylic acids is 1. The minimum Gasteiger partial charge on any atom is -0.491 e. The van der Waals surface area contributed by atoms with Gasteiger partial charge in [-0.05, 0) is 61.7 Å². The van der Waals surface area contributed by atoms with E-state index in [1.165, 1.54) is 0 Å². The van der Waals surface area contributed by atoms with Crippen LogP contribution in [0.1, 0.15) is 29.3 Å². The summed E-state index contributed by atoms with van der Waals surface area (Å²) < 4.78 is 11.2. The number of hydrazone groups is 1. The van der Waals surface area contributed by atoms with Gasteiger partial charge < -0.3 is 9.15 Å². The van der Waals surface area contributed by atoms with Crippen molar-refractivity contribution >= 4 is 23.5 Å². The molecular weight excluding hydrogens is 336 g/mol. The molecule has 3 rings (SSSR count). The van der Waals surface area contributed by atoms with Gasteiger partial charge in [0.1, 0.15) is 11.5 Å². The number of nitrogens with one attached hydrogen (secondary N) is 1. The minimum absolute atomic E-state index is 0.125. The average molecular weight is 354 g/mol. The van der Waals surface area contributed by atoms with Gasteiger partial charge in [-0.3, -0.25) is 4.79 Å². The number of nitrogens with zero attached hydrogens (tertiary/aromatic N) is 1. The Kier molecular flexibility index (Phi) is 5.30. The van der Waals surface area contributed by atoms with Gasteiger partial charge in [-0.2, -0.15) is 5.10 Å². The molecule has 25 heavy (non-hydrogen) atoms. The number of ether oxygens (including phenoxy) is 1. The molecular formula is C19H18N2O3S. The molecule has 0 bridgehead atoms. The molecule has 128 valence electrons. The molecule has 0 atom stereocenters. The zero-order chi connectivity index (χ0) is 17.6. The van der Waals surface area contributed by atoms with Crippen LogP contribution in [0.4, 0.5) is 0 Å². The van der Waals surface area contributed by atoms with Crippen molar-refractivity contribution in [2.45, 2.75) is 20.0 Å². The highest BCUT2D eigenvalue weighted by atomic mass is 32.1. The van der Waals surface area contributed by atoms with E-state index < -0.39 is 0 Å². The number of hydrogen-bond acceptors (Lipinski definition) is 5. The molecule has 0 unspecified atom stereocenters. The molecule has 2 heterocycles. The summed E-state index contributed by atoms with van der Waals surface area (Å²) in [6.07, 6.45) is 1.72. The Balaban J connectivity index is 1.64. The van der Waals surface area contributed by atoms with Crippen LogP contribution in [0.15, 0.2) is 63.4 Å². The summed E-state index contributed by atoms with van der Waals surface area (Å²) in [4.78, 5) is 13.0. The lowest BCUT2D eigenvalue weighted by molar-refractivity contribution is 0.0928. The first-order chi connectivity index (χ1) is 12.1. The summed E-state index contributed by atoms with van der Waals surface area (Å²) in [6.45, 7) is 3.96. The summed E-state index contributed by atoms with van der Waals surface area (Å²) in [5.41, 5.74) is 3.33. The molecule has 1 amide bonds. The summed E-state index contributed by atoms with van der Waals surface area (Å²) in [7, 11) is 0. The van der Waals surface area contributed by atoms with Gasteiger partial charge in [0.05, 0.1) is 12.3 Å². The zero-order valence-electron chi connectivity index (χ0n) is 13.9. The number of benzene rings is 1. The second kappa shape index (κ2) is 7.81. The van der Waals surface area contributed by atoms with E-state index in [0.717, 1.165) is 16.2 Å². The second-order valence-electron chi connectivity index (χ2n) is 5.57. The quantitative estimate of drug-likeness (QED) is 0.521. The van der Waals surface area contributed by atoms with Gasteiger partial charge in [0.15, 0.2) is 5.76 Å². The number of hydrogen-bond donors (Lipinski definition) is 1. The highest BCUT2D eigenvalue weighted by molar-refractivity contribution is 7.11. The van der Waals surface area contributed by atoms with E-state index >= 15 is 0 Å². The van der Waals surface area contributed by atoms with Crippen LogP contribution in [0, 0.1) is 0 Å². The van der Waals surface area contributed by atoms with Crippen molar-refractivity contribution in [3.8, 4) is 17.1 Å². The maximum atomic E-state index is 12.1. The van der Waals surface area contributed by atoms with Crippen molar-refractivity contribution in [1.29, 1.82) is 0 Å². The third-order valence-electron chi connectivity index (χ3n) is 3.24. The fourth-order valence-corrected chi connectivity index (χ4v) is 2.74. The van der Waals surface area contributed by atoms with Gasteiger partial charge in [-0.1, -0.05) is 6.07 Å². The van der Waals surface area contributed by atoms with Crippen molar-refractivity contribution in [2.24, 2.45) is 5.10 Å². The normalized spacial score (nSPS) is 11.2. The monoisotopic (exact) mass is 354 g/mol. The number of furan rings is 1. The lowest BCUT2D eigenvalue weighted by Gasteiger charge is -2.09. The Morgan fingerprint density at radius 1 is 1.20 bits per heavy atom. The van der Waals surface area contributed by atoms with Gasteiger partial charge in [0.25, 0.3) is 0 Å². The van der Waals surface area contributed by atoms with Crippen molar-refractivity contribution < 1.29 is 13.9 Å². The van der Waals surface area contributed by atoms with Crippen molar-refractivity contribution in [2.75, 3.05) is 0 Å². The van der Waals surface area contributed by atoms with Crippen LogP contribution in [0.5, 0.6) is 5.75 Å². The Labute approximate surface area is 149 Å². The van der Waals surface area contributed by atoms with Crippen molar-refractivity contribution in [3.05, 3.63) is 64.5 Å². The molecule has 0 aliphatic heterocycles. The van der Waals surface area contributed by atoms with Crippen LogP contribution in [0.2, 0.25) is 0 Å². The maximum Gasteiger partial charge on any atom is 0.307 e. The van der Waals surface area contributed by atoms with E-state index in [-0.39, 0.29) is 17.8 Å². The highest BCUT2D eigenvalue weighted by Crippen LogP contribution is 2.25. The molecule has 1 N–H and O–H groups in total. The number of carbonyl (C=O) groups is 1. The van der Waals surface area contributed by atoms with Crippen molar-refractivity contribution in [1.82, 2.24) is 5.43 Å². The molecule has 5 nitrogen and oxygen atoms in total. The van der Waals surface area contributed by atoms with E-state index in [1.807, 2.05) is 55.6 Å². The molecule has 0 saturated carbocycles. The van der Waals surface area contributed by atoms with E-state index in [0.29, 0.717) is 5.76 Å². The summed E-state index contributed by atoms with van der Waals surface area (Å²) in [5, 5.41) is 5.86. The van der Waals surface area contributed by atoms with Crippen LogP contribution in [-0.2, 0) is 0 Å². The summed E-state index contributed by atoms with van der Waals surface area (Å²) in [5.74, 6) is 1.23. The largest absolute Gasteiger partial charge is 0.491 e. The molecule has 0 aliphatic rings. The van der Waals surface area contributed by atoms with Crippen molar-refractivity contribution in [3.63, 3.8) is 0 Å². The van der Waals surface area contributed by atoms with Crippen LogP contribution in [0.3, 0.4) is 0 Å². The molecule has 1 aromatic carbocycles. The average Bonchev–Trinajstić information content (AvgIpc) is 3.26. The minimum atomic E-state index is -0.390. The number of rotatable bonds is 6. The number of thiophene rings is 1. The SMILES string of the molecule is CC(C)Oc1ccc(-c2ccc(C(=O)N/N=C/c3cccs3)o2)cc1. The Hall–Kier alpha value is -2.86. The first-order valence-corrected chi connectivity index (χ1v) is 8.73. The predicted molar refractivity (Wildman–Crippen MR) is 99.3 cm³/mol. The van der Waals surface area contributed by atoms with Crippen LogP contribution < -0.4 is 10.2 Å². The first kappa shape index (κ1) is 17.0.